The number of rotatable bonds is 46. The van der Waals surface area contributed by atoms with Crippen LogP contribution in [0, 0.1) is 41.5 Å². The molecule has 26 N–H and O–H groups in total. The average Bonchev–Trinajstić information content (AvgIpc) is 1.71. The number of carboxylic acids is 3. The van der Waals surface area contributed by atoms with Gasteiger partial charge in [0.15, 0.2) is 6.04 Å². The maximum atomic E-state index is 13.2. The second kappa shape index (κ2) is 65.0. The number of primary amides is 5. The number of nitrogen functional groups attached to an aromatic ring is 1. The highest BCUT2D eigenvalue weighted by Gasteiger charge is 2.28. The molecule has 0 saturated heterocycles. The number of terminal acetylenes is 1. The Labute approximate surface area is 812 Å². The molecule has 141 heavy (non-hydrogen) atoms. The van der Waals surface area contributed by atoms with E-state index < -0.39 is 78.1 Å². The normalized spacial score (nSPS) is 12.3. The first-order chi connectivity index (χ1) is 67.2. The molecule has 0 aliphatic heterocycles. The van der Waals surface area contributed by atoms with E-state index in [1.54, 1.807) is 140 Å². The fourth-order valence-electron chi connectivity index (χ4n) is 13.0. The quantitative estimate of drug-likeness (QED) is 0.00320. The van der Waals surface area contributed by atoms with Crippen molar-refractivity contribution in [1.29, 1.82) is 0 Å². The number of aliphatic carboxylic acids is 3. The van der Waals surface area contributed by atoms with Crippen LogP contribution >= 0.6 is 0 Å². The summed E-state index contributed by atoms with van der Waals surface area (Å²) in [5, 5.41) is 96.9. The first-order valence-corrected chi connectivity index (χ1v) is 44.8. The van der Waals surface area contributed by atoms with Crippen LogP contribution in [0.2, 0.25) is 0 Å². The lowest BCUT2D eigenvalue weighted by atomic mass is 9.98. The minimum Gasteiger partial charge on any atom is -0.481 e. The number of carboxylic acid groups (broad SMARTS) is 3. The number of nitrogens with one attached hydrogen (secondary N) is 6. The highest BCUT2D eigenvalue weighted by Crippen LogP contribution is 2.27. The Hall–Kier alpha value is -15.9. The van der Waals surface area contributed by atoms with Crippen LogP contribution in [0.1, 0.15) is 197 Å². The van der Waals surface area contributed by atoms with E-state index in [1.165, 1.54) is 62.6 Å². The first-order valence-electron chi connectivity index (χ1n) is 44.8. The molecule has 758 valence electrons. The van der Waals surface area contributed by atoms with E-state index in [2.05, 4.69) is 78.8 Å². The maximum absolute atomic E-state index is 13.2. The number of carbonyl (C=O) groups is 10. The summed E-state index contributed by atoms with van der Waals surface area (Å²) in [6, 6.07) is 39.6. The van der Waals surface area contributed by atoms with Gasteiger partial charge in [-0.2, -0.15) is 0 Å². The number of aliphatic hydroxyl groups is 3. The average molecular weight is 1960 g/mol. The summed E-state index contributed by atoms with van der Waals surface area (Å²) in [6.45, 7) is 9.13. The van der Waals surface area contributed by atoms with Crippen LogP contribution in [-0.4, -0.2) is 174 Å². The number of carbonyl (C=O) groups excluding carboxylic acids is 7. The molecule has 0 saturated carbocycles. The van der Waals surface area contributed by atoms with Gasteiger partial charge in [0.25, 0.3) is 0 Å². The number of benzene rings is 7. The smallest absolute Gasteiger partial charge is 0.328 e. The van der Waals surface area contributed by atoms with Crippen LogP contribution < -0.4 is 72.0 Å². The number of halogens is 4. The summed E-state index contributed by atoms with van der Waals surface area (Å²) >= 11 is 0. The van der Waals surface area contributed by atoms with Crippen LogP contribution in [0.4, 0.5) is 53.8 Å². The highest BCUT2D eigenvalue weighted by atomic mass is 19.1. The fraction of sp³-hybridized carbons (Fsp3) is 0.375. The minimum absolute atomic E-state index is 0.000171. The molecular formula is C96H125F4N25O16. The molecule has 45 heteroatoms. The zero-order chi connectivity index (χ0) is 104. The van der Waals surface area contributed by atoms with Gasteiger partial charge < -0.3 is 103 Å². The molecule has 9 atom stereocenters. The summed E-state index contributed by atoms with van der Waals surface area (Å²) in [6.07, 6.45) is 17.9. The van der Waals surface area contributed by atoms with Crippen molar-refractivity contribution in [2.24, 2.45) is 45.4 Å². The minimum atomic E-state index is -1.15. The lowest BCUT2D eigenvalue weighted by Gasteiger charge is -2.17. The van der Waals surface area contributed by atoms with Gasteiger partial charge in [0.1, 0.15) is 47.4 Å². The predicted molar refractivity (Wildman–Crippen MR) is 518 cm³/mol. The Bertz CT molecular complexity index is 5390. The van der Waals surface area contributed by atoms with Crippen LogP contribution in [0.3, 0.4) is 0 Å². The van der Waals surface area contributed by atoms with Crippen molar-refractivity contribution in [3.63, 3.8) is 0 Å². The third-order valence-corrected chi connectivity index (χ3v) is 20.8. The summed E-state index contributed by atoms with van der Waals surface area (Å²) < 4.78 is 56.2. The predicted octanol–water partition coefficient (Wildman–Crippen LogP) is 10.6. The number of anilines is 3. The molecule has 0 fully saturated rings. The third kappa shape index (κ3) is 48.6. The zero-order valence-corrected chi connectivity index (χ0v) is 78.6. The lowest BCUT2D eigenvalue weighted by Crippen LogP contribution is -2.33. The number of nitrogens with zero attached hydrogens (tertiary/aromatic N) is 12. The van der Waals surface area contributed by atoms with Crippen LogP contribution in [0.5, 0.6) is 0 Å². The first kappa shape index (κ1) is 117. The number of unbranched alkanes of at least 4 members (excludes halogenated alkanes) is 1. The number of azide groups is 1. The van der Waals surface area contributed by atoms with E-state index in [1.807, 2.05) is 27.7 Å². The highest BCUT2D eigenvalue weighted by molar-refractivity contribution is 5.94. The molecular weight excluding hydrogens is 1840 g/mol. The van der Waals surface area contributed by atoms with Gasteiger partial charge in [-0.3, -0.25) is 24.0 Å². The van der Waals surface area contributed by atoms with Gasteiger partial charge >= 0.3 is 42.0 Å². The van der Waals surface area contributed by atoms with Gasteiger partial charge in [-0.05, 0) is 219 Å². The third-order valence-electron chi connectivity index (χ3n) is 20.8. The van der Waals surface area contributed by atoms with Gasteiger partial charge in [-0.1, -0.05) is 140 Å². The van der Waals surface area contributed by atoms with Crippen molar-refractivity contribution in [3.8, 4) is 12.3 Å². The lowest BCUT2D eigenvalue weighted by molar-refractivity contribution is -0.142. The Kier molecular flexibility index (Phi) is 54.1. The van der Waals surface area contributed by atoms with Gasteiger partial charge in [0, 0.05) is 96.8 Å². The molecule has 11 amide bonds. The molecule has 10 aromatic rings. The molecule has 3 aromatic heterocycles. The molecule has 41 nitrogen and oxygen atoms in total. The van der Waals surface area contributed by atoms with Gasteiger partial charge in [0.2, 0.25) is 17.7 Å². The monoisotopic (exact) mass is 1960 g/mol. The number of hydrogen-bond acceptors (Lipinski definition) is 22. The molecule has 0 spiro atoms. The number of urea groups is 4. The van der Waals surface area contributed by atoms with Crippen LogP contribution in [0.15, 0.2) is 194 Å². The van der Waals surface area contributed by atoms with Crippen molar-refractivity contribution in [3.05, 3.63) is 278 Å². The Morgan fingerprint density at radius 2 is 0.709 bits per heavy atom. The van der Waals surface area contributed by atoms with Crippen molar-refractivity contribution >= 4 is 76.8 Å². The van der Waals surface area contributed by atoms with Gasteiger partial charge in [-0.15, -0.1) is 27.6 Å². The summed E-state index contributed by atoms with van der Waals surface area (Å²) in [5.41, 5.74) is 53.9. The van der Waals surface area contributed by atoms with Crippen LogP contribution in [-0.2, 0) is 74.3 Å². The van der Waals surface area contributed by atoms with Gasteiger partial charge in [-0.25, -0.2) is 55.6 Å². The number of aliphatic hydroxyl groups excluding tert-OH is 3. The molecule has 0 unspecified atom stereocenters. The maximum Gasteiger partial charge on any atom is 0.328 e. The van der Waals surface area contributed by atoms with Crippen molar-refractivity contribution < 1.29 is 96.1 Å². The SMILES string of the molecule is C#C[C@@H](C)Cc1ccc(F)cc1.C[C@@H](Cc1ccc(F)cc1)c1cn([C@@H](CCCNC(N)=O)C(=O)Nc2ccc(CO)cc2)nn1.C[C@@H](Cc1ccc(F)cc1)c1cn([C@@H](CCCNC(N)=O)C(=O)O)nn1.C[C@H](Cc1ccc(F)cc1)c1cn([C@@H](CCCNC(N)=O)C(=O)Nc2ccc(CO)cc2)nn1.NC(=O)NCCC[C@H](N)C(=O)O.Nc1ccc(CO)cc1.[N-]=[N+]=N[C@@H](CCCCC(N)=O)C(=O)O. The second-order valence-electron chi connectivity index (χ2n) is 32.4. The van der Waals surface area contributed by atoms with E-state index >= 15 is 0 Å². The second-order valence-corrected chi connectivity index (χ2v) is 32.4. The van der Waals surface area contributed by atoms with E-state index in [9.17, 15) is 80.8 Å². The van der Waals surface area contributed by atoms with Crippen LogP contribution in [0.25, 0.3) is 10.4 Å². The van der Waals surface area contributed by atoms with E-state index in [4.69, 9.17) is 67.4 Å². The zero-order valence-electron chi connectivity index (χ0n) is 78.6. The van der Waals surface area contributed by atoms with E-state index in [-0.39, 0.29) is 97.8 Å². The molecule has 0 bridgehead atoms. The summed E-state index contributed by atoms with van der Waals surface area (Å²) in [5.74, 6) is -2.38. The van der Waals surface area contributed by atoms with Crippen molar-refractivity contribution in [2.75, 3.05) is 42.5 Å². The number of aromatic nitrogens is 9. The van der Waals surface area contributed by atoms with Crippen molar-refractivity contribution in [2.45, 2.75) is 198 Å². The number of nitrogens with two attached hydrogens (primary N) is 7. The molecule has 3 heterocycles. The molecule has 0 aliphatic rings. The fourth-order valence-corrected chi connectivity index (χ4v) is 13.0. The Balaban J connectivity index is 0.000000362. The molecule has 0 radical (unpaired) electrons. The molecule has 0 aliphatic carbocycles. The standard InChI is InChI=1S/2C24H29FN6O3.C17H22FN5O3.C11H11F.C7H12N4O3.C7H9NO.C6H13N3O3/c2*1-16(13-17-4-8-19(25)9-5-17)21-14-31(30-29-21)22(3-2-12-27-24(26)34)23(33)28-20-10-6-18(15-32)7-11-20;1-11(9-12-4-6-13(18)7-5-12)14-10-23(22-21-14)15(16(24)25)3-2-8-20-17(19)26;1-3-9(2)8-10-4-6-11(12)7-5-10;8-6(12)4-2-1-3-5(7(13)14)10-11-9;8-7-3-1-6(5-9)2-4-7;7-4(5(10)11)2-1-3-9-6(8)12/h2*4-11,14,16,22,32H,2-3,12-13,15H2,1H3,(H,28,33)(H3,26,27,34);4-7,10-11,15H,2-3,8-9H2,1H3,(H,24,25)(H3,19,20,26);1,4-7,9H,8H2,2H3;5H,1-4H2,(H2,8,12)(H,13,14);1-4,9H,5,8H2;4H,1-3,7H2,(H,10,11)(H3,8,9,12)/t16-,22+;16-,22-;11-,15-;9-;5-;;4-/m10010.0/s1. The number of hydrogen-bond donors (Lipinski definition) is 19. The van der Waals surface area contributed by atoms with Crippen molar-refractivity contribution in [1.82, 2.24) is 66.2 Å². The Morgan fingerprint density at radius 3 is 0.993 bits per heavy atom. The summed E-state index contributed by atoms with van der Waals surface area (Å²) in [7, 11) is 0. The van der Waals surface area contributed by atoms with E-state index in [0.29, 0.717) is 132 Å². The number of amides is 11. The largest absolute Gasteiger partial charge is 0.481 e. The van der Waals surface area contributed by atoms with E-state index in [0.717, 1.165) is 51.1 Å². The summed E-state index contributed by atoms with van der Waals surface area (Å²) in [4.78, 5) is 114. The molecule has 10 rings (SSSR count). The molecule has 7 aromatic carbocycles. The Morgan fingerprint density at radius 1 is 0.411 bits per heavy atom. The topological polar surface area (TPSA) is 687 Å². The van der Waals surface area contributed by atoms with Gasteiger partial charge in [0.05, 0.1) is 36.9 Å².